The predicted octanol–water partition coefficient (Wildman–Crippen LogP) is 3.09. The lowest BCUT2D eigenvalue weighted by atomic mass is 10.1. The van der Waals surface area contributed by atoms with Crippen LogP contribution in [0.3, 0.4) is 0 Å². The van der Waals surface area contributed by atoms with Gasteiger partial charge >= 0.3 is 5.97 Å². The van der Waals surface area contributed by atoms with E-state index in [4.69, 9.17) is 32.9 Å². The second-order valence-electron chi connectivity index (χ2n) is 7.77. The molecule has 0 unspecified atom stereocenters. The number of pyridine rings is 1. The predicted molar refractivity (Wildman–Crippen MR) is 118 cm³/mol. The minimum atomic E-state index is -0.862. The van der Waals surface area contributed by atoms with Crippen molar-refractivity contribution in [3.8, 4) is 5.69 Å². The molecular weight excluding hydrogens is 441 g/mol. The first kappa shape index (κ1) is 20.5. The highest BCUT2D eigenvalue weighted by molar-refractivity contribution is 6.45. The number of ether oxygens (including phenoxy) is 1. The van der Waals surface area contributed by atoms with Gasteiger partial charge in [0.15, 0.2) is 0 Å². The highest BCUT2D eigenvalue weighted by Crippen LogP contribution is 2.37. The molecule has 4 heterocycles. The number of hydrogen-bond acceptors (Lipinski definition) is 6. The van der Waals surface area contributed by atoms with Gasteiger partial charge < -0.3 is 19.3 Å². The lowest BCUT2D eigenvalue weighted by Crippen LogP contribution is -2.44. The summed E-state index contributed by atoms with van der Waals surface area (Å²) < 4.78 is 7.32. The van der Waals surface area contributed by atoms with E-state index >= 15 is 0 Å². The monoisotopic (exact) mass is 461 g/mol. The summed E-state index contributed by atoms with van der Waals surface area (Å²) in [6.45, 7) is 3.51. The third kappa shape index (κ3) is 3.74. The molecule has 0 amide bonds. The molecule has 2 atom stereocenters. The first-order valence-corrected chi connectivity index (χ1v) is 10.9. The van der Waals surface area contributed by atoms with Gasteiger partial charge in [-0.05, 0) is 18.6 Å². The second kappa shape index (κ2) is 8.27. The Bertz CT molecular complexity index is 1120. The van der Waals surface area contributed by atoms with Crippen LogP contribution >= 0.6 is 23.2 Å². The van der Waals surface area contributed by atoms with Crippen molar-refractivity contribution >= 4 is 45.9 Å². The van der Waals surface area contributed by atoms with E-state index in [0.29, 0.717) is 47.6 Å². The Morgan fingerprint density at radius 2 is 2.03 bits per heavy atom. The summed E-state index contributed by atoms with van der Waals surface area (Å²) in [7, 11) is 0. The molecule has 0 aliphatic carbocycles. The van der Waals surface area contributed by atoms with Crippen LogP contribution in [0.15, 0.2) is 36.9 Å². The summed E-state index contributed by atoms with van der Waals surface area (Å²) >= 11 is 12.8. The van der Waals surface area contributed by atoms with E-state index in [9.17, 15) is 9.90 Å². The fourth-order valence-corrected chi connectivity index (χ4v) is 4.83. The molecule has 8 nitrogen and oxygen atoms in total. The Kier molecular flexibility index (Phi) is 5.47. The molecule has 0 saturated carbocycles. The van der Waals surface area contributed by atoms with Crippen LogP contribution in [0.1, 0.15) is 6.42 Å². The van der Waals surface area contributed by atoms with Gasteiger partial charge in [0.1, 0.15) is 11.9 Å². The SMILES string of the molecule is O=C(O)[C@@H]1C[C@@H](N2CCOCC2)CN1c1cc(-n2ccnc2)c2ccc(Cl)c(Cl)c2n1. The average Bonchev–Trinajstić information content (AvgIpc) is 3.47. The Balaban J connectivity index is 1.61. The molecule has 3 aromatic rings. The molecule has 1 aromatic carbocycles. The molecule has 2 aliphatic rings. The van der Waals surface area contributed by atoms with Gasteiger partial charge in [-0.2, -0.15) is 0 Å². The second-order valence-corrected chi connectivity index (χ2v) is 8.56. The smallest absolute Gasteiger partial charge is 0.326 e. The van der Waals surface area contributed by atoms with Crippen molar-refractivity contribution in [2.75, 3.05) is 37.7 Å². The number of fused-ring (bicyclic) bond motifs is 1. The number of carboxylic acid groups (broad SMARTS) is 1. The number of morpholine rings is 1. The van der Waals surface area contributed by atoms with E-state index in [1.807, 2.05) is 27.8 Å². The van der Waals surface area contributed by atoms with Crippen LogP contribution in [0.2, 0.25) is 10.0 Å². The van der Waals surface area contributed by atoms with Gasteiger partial charge in [-0.3, -0.25) is 4.90 Å². The first-order chi connectivity index (χ1) is 15.0. The van der Waals surface area contributed by atoms with Crippen molar-refractivity contribution in [1.29, 1.82) is 0 Å². The highest BCUT2D eigenvalue weighted by Gasteiger charge is 2.40. The van der Waals surface area contributed by atoms with E-state index in [2.05, 4.69) is 9.88 Å². The van der Waals surface area contributed by atoms with Crippen molar-refractivity contribution in [2.45, 2.75) is 18.5 Å². The molecule has 2 aromatic heterocycles. The minimum Gasteiger partial charge on any atom is -0.480 e. The molecule has 31 heavy (non-hydrogen) atoms. The summed E-state index contributed by atoms with van der Waals surface area (Å²) in [4.78, 5) is 25.2. The van der Waals surface area contributed by atoms with E-state index in [1.54, 1.807) is 18.6 Å². The molecule has 10 heteroatoms. The maximum absolute atomic E-state index is 12.1. The van der Waals surface area contributed by atoms with E-state index < -0.39 is 12.0 Å². The van der Waals surface area contributed by atoms with Gasteiger partial charge in [0.25, 0.3) is 0 Å². The number of halogens is 2. The maximum atomic E-state index is 12.1. The quantitative estimate of drug-likeness (QED) is 0.638. The molecule has 0 bridgehead atoms. The number of rotatable bonds is 4. The van der Waals surface area contributed by atoms with Gasteiger partial charge in [0.05, 0.1) is 40.8 Å². The number of anilines is 1. The van der Waals surface area contributed by atoms with Crippen molar-refractivity contribution < 1.29 is 14.6 Å². The Morgan fingerprint density at radius 1 is 1.23 bits per heavy atom. The standard InChI is InChI=1S/C21H21Cl2N5O3/c22-15-2-1-14-16(27-4-3-24-12-27)10-18(25-20(14)19(15)23)28-11-13(9-17(28)21(29)30)26-5-7-31-8-6-26/h1-4,10,12-13,17H,5-9,11H2,(H,29,30)/t13-,17+/m1/s1. The van der Waals surface area contributed by atoms with Gasteiger partial charge in [0.2, 0.25) is 0 Å². The average molecular weight is 462 g/mol. The summed E-state index contributed by atoms with van der Waals surface area (Å²) in [6, 6.07) is 4.94. The minimum absolute atomic E-state index is 0.119. The van der Waals surface area contributed by atoms with E-state index in [0.717, 1.165) is 24.2 Å². The Morgan fingerprint density at radius 3 is 2.74 bits per heavy atom. The number of carbonyl (C=O) groups is 1. The lowest BCUT2D eigenvalue weighted by molar-refractivity contribution is -0.138. The van der Waals surface area contributed by atoms with E-state index in [1.165, 1.54) is 0 Å². The number of nitrogens with zero attached hydrogens (tertiary/aromatic N) is 5. The summed E-state index contributed by atoms with van der Waals surface area (Å²) in [5, 5.41) is 11.5. The topological polar surface area (TPSA) is 83.7 Å². The van der Waals surface area contributed by atoms with Crippen LogP contribution in [0, 0.1) is 0 Å². The van der Waals surface area contributed by atoms with Gasteiger partial charge in [0, 0.05) is 49.5 Å². The number of carboxylic acids is 1. The third-order valence-corrected chi connectivity index (χ3v) is 6.83. The van der Waals surface area contributed by atoms with Crippen molar-refractivity contribution in [3.05, 3.63) is 47.0 Å². The van der Waals surface area contributed by atoms with Gasteiger partial charge in [-0.25, -0.2) is 14.8 Å². The zero-order valence-corrected chi connectivity index (χ0v) is 18.1. The molecule has 1 N–H and O–H groups in total. The van der Waals surface area contributed by atoms with Crippen LogP contribution in [0.25, 0.3) is 16.6 Å². The molecule has 0 radical (unpaired) electrons. The Labute approximate surface area is 188 Å². The zero-order chi connectivity index (χ0) is 21.5. The maximum Gasteiger partial charge on any atom is 0.326 e. The fraction of sp³-hybridized carbons (Fsp3) is 0.381. The first-order valence-electron chi connectivity index (χ1n) is 10.1. The van der Waals surface area contributed by atoms with Gasteiger partial charge in [-0.15, -0.1) is 0 Å². The number of aromatic nitrogens is 3. The molecule has 2 aliphatic heterocycles. The van der Waals surface area contributed by atoms with Crippen molar-refractivity contribution in [3.63, 3.8) is 0 Å². The van der Waals surface area contributed by atoms with Crippen LogP contribution in [-0.2, 0) is 9.53 Å². The zero-order valence-electron chi connectivity index (χ0n) is 16.6. The molecule has 0 spiro atoms. The van der Waals surface area contributed by atoms with Crippen LogP contribution in [0.4, 0.5) is 5.82 Å². The lowest BCUT2D eigenvalue weighted by Gasteiger charge is -2.32. The van der Waals surface area contributed by atoms with Crippen molar-refractivity contribution in [1.82, 2.24) is 19.4 Å². The van der Waals surface area contributed by atoms with Gasteiger partial charge in [-0.1, -0.05) is 23.2 Å². The third-order valence-electron chi connectivity index (χ3n) is 6.04. The highest BCUT2D eigenvalue weighted by atomic mass is 35.5. The number of imidazole rings is 1. The molecule has 2 saturated heterocycles. The summed E-state index contributed by atoms with van der Waals surface area (Å²) in [5.74, 6) is -0.303. The van der Waals surface area contributed by atoms with Crippen LogP contribution < -0.4 is 4.90 Å². The van der Waals surface area contributed by atoms with Crippen molar-refractivity contribution in [2.24, 2.45) is 0 Å². The Hall–Kier alpha value is -2.39. The number of aliphatic carboxylic acids is 1. The van der Waals surface area contributed by atoms with Crippen LogP contribution in [0.5, 0.6) is 0 Å². The summed E-state index contributed by atoms with van der Waals surface area (Å²) in [5.41, 5.74) is 1.35. The van der Waals surface area contributed by atoms with E-state index in [-0.39, 0.29) is 6.04 Å². The number of benzene rings is 1. The largest absolute Gasteiger partial charge is 0.480 e. The normalized spacial score (nSPS) is 22.3. The molecular formula is C21H21Cl2N5O3. The fourth-order valence-electron chi connectivity index (χ4n) is 4.47. The van der Waals surface area contributed by atoms with Crippen LogP contribution in [-0.4, -0.2) is 75.4 Å². The molecule has 5 rings (SSSR count). The summed E-state index contributed by atoms with van der Waals surface area (Å²) in [6.07, 6.45) is 5.74. The molecule has 162 valence electrons. The number of hydrogen-bond donors (Lipinski definition) is 1. The molecule has 2 fully saturated rings.